The lowest BCUT2D eigenvalue weighted by Crippen LogP contribution is -2.32. The number of hydrogen-bond donors (Lipinski definition) is 1. The second-order valence-electron chi connectivity index (χ2n) is 5.16. The largest absolute Gasteiger partial charge is 0.455 e. The molecule has 1 aromatic heterocycles. The fourth-order valence-corrected chi connectivity index (χ4v) is 4.58. The number of rotatable bonds is 7. The normalized spacial score (nSPS) is 20.9. The second kappa shape index (κ2) is 7.24. The summed E-state index contributed by atoms with van der Waals surface area (Å²) in [4.78, 5) is 24.5. The highest BCUT2D eigenvalue weighted by Crippen LogP contribution is 2.40. The molecule has 1 unspecified atom stereocenters. The summed E-state index contributed by atoms with van der Waals surface area (Å²) < 4.78 is 36.9. The highest BCUT2D eigenvalue weighted by Gasteiger charge is 2.50. The van der Waals surface area contributed by atoms with E-state index >= 15 is 0 Å². The summed E-state index contributed by atoms with van der Waals surface area (Å²) in [6, 6.07) is 3.43. The van der Waals surface area contributed by atoms with Crippen molar-refractivity contribution in [2.75, 3.05) is 11.1 Å². The third kappa shape index (κ3) is 3.98. The van der Waals surface area contributed by atoms with E-state index in [2.05, 4.69) is 20.7 Å². The molecule has 1 atom stereocenters. The molecule has 0 saturated carbocycles. The minimum absolute atomic E-state index is 0.164. The number of sulfonamides is 1. The molecule has 2 rings (SSSR count). The Labute approximate surface area is 152 Å². The molecule has 0 fully saturated rings. The van der Waals surface area contributed by atoms with Gasteiger partial charge in [0, 0.05) is 12.3 Å². The van der Waals surface area contributed by atoms with Gasteiger partial charge in [0.25, 0.3) is 5.78 Å². The molecule has 0 aliphatic carbocycles. The standard InChI is InChI=1S/C14H16BrNO6S2/c1-9(17)21-11-12(18)14(2,10-5-3-7-23-10)22-13(11)16-24(19,20)8-4-6-15/h3,5,7,16H,4,6,8H2,1-2H3. The number of carbonyl (C=O) groups excluding carboxylic acids is 2. The number of alkyl halides is 1. The molecule has 1 aliphatic rings. The molecular weight excluding hydrogens is 422 g/mol. The summed E-state index contributed by atoms with van der Waals surface area (Å²) in [6.45, 7) is 2.63. The van der Waals surface area contributed by atoms with E-state index in [1.54, 1.807) is 17.5 Å². The second-order valence-corrected chi connectivity index (χ2v) is 8.74. The van der Waals surface area contributed by atoms with Gasteiger partial charge in [0.2, 0.25) is 27.3 Å². The molecule has 24 heavy (non-hydrogen) atoms. The van der Waals surface area contributed by atoms with Gasteiger partial charge in [-0.1, -0.05) is 22.0 Å². The Hall–Kier alpha value is -1.39. The van der Waals surface area contributed by atoms with Crippen LogP contribution in [0.25, 0.3) is 0 Å². The van der Waals surface area contributed by atoms with Crippen molar-refractivity contribution in [2.45, 2.75) is 25.9 Å². The van der Waals surface area contributed by atoms with Crippen LogP contribution in [0.15, 0.2) is 29.2 Å². The SMILES string of the molecule is CC(=O)OC1=C(NS(=O)(=O)CCCBr)OC(C)(c2cccs2)C1=O. The van der Waals surface area contributed by atoms with Gasteiger partial charge in [-0.15, -0.1) is 11.3 Å². The van der Waals surface area contributed by atoms with Crippen LogP contribution in [-0.2, 0) is 34.7 Å². The zero-order valence-electron chi connectivity index (χ0n) is 13.0. The van der Waals surface area contributed by atoms with Crippen LogP contribution >= 0.6 is 27.3 Å². The fraction of sp³-hybridized carbons (Fsp3) is 0.429. The Bertz CT molecular complexity index is 771. The highest BCUT2D eigenvalue weighted by molar-refractivity contribution is 9.09. The van der Waals surface area contributed by atoms with Crippen LogP contribution in [0, 0.1) is 0 Å². The molecule has 0 radical (unpaired) electrons. The summed E-state index contributed by atoms with van der Waals surface area (Å²) >= 11 is 4.44. The number of ketones is 1. The zero-order valence-corrected chi connectivity index (χ0v) is 16.2. The predicted molar refractivity (Wildman–Crippen MR) is 91.9 cm³/mol. The predicted octanol–water partition coefficient (Wildman–Crippen LogP) is 2.00. The van der Waals surface area contributed by atoms with Crippen molar-refractivity contribution in [1.29, 1.82) is 0 Å². The van der Waals surface area contributed by atoms with Crippen molar-refractivity contribution in [3.63, 3.8) is 0 Å². The molecule has 1 aromatic rings. The van der Waals surface area contributed by atoms with Crippen LogP contribution in [0.4, 0.5) is 0 Å². The van der Waals surface area contributed by atoms with Crippen molar-refractivity contribution in [2.24, 2.45) is 0 Å². The third-order valence-electron chi connectivity index (χ3n) is 3.18. The summed E-state index contributed by atoms with van der Waals surface area (Å²) in [6.07, 6.45) is 0.377. The average molecular weight is 438 g/mol. The van der Waals surface area contributed by atoms with Crippen LogP contribution in [0.3, 0.4) is 0 Å². The molecule has 0 saturated heterocycles. The van der Waals surface area contributed by atoms with Crippen molar-refractivity contribution in [3.05, 3.63) is 34.0 Å². The monoisotopic (exact) mass is 437 g/mol. The smallest absolute Gasteiger partial charge is 0.308 e. The van der Waals surface area contributed by atoms with Gasteiger partial charge in [-0.2, -0.15) is 0 Å². The molecule has 0 amide bonds. The van der Waals surface area contributed by atoms with Gasteiger partial charge in [-0.05, 0) is 24.8 Å². The van der Waals surface area contributed by atoms with Gasteiger partial charge in [0.15, 0.2) is 0 Å². The molecule has 7 nitrogen and oxygen atoms in total. The molecular formula is C14H16BrNO6S2. The van der Waals surface area contributed by atoms with Crippen molar-refractivity contribution in [1.82, 2.24) is 4.72 Å². The first-order valence-electron chi connectivity index (χ1n) is 6.96. The number of nitrogens with one attached hydrogen (secondary N) is 1. The number of carbonyl (C=O) groups is 2. The number of ether oxygens (including phenoxy) is 2. The van der Waals surface area contributed by atoms with Gasteiger partial charge in [-0.3, -0.25) is 14.3 Å². The van der Waals surface area contributed by atoms with Gasteiger partial charge in [-0.25, -0.2) is 8.42 Å². The Balaban J connectivity index is 2.35. The minimum Gasteiger partial charge on any atom is -0.455 e. The first-order valence-corrected chi connectivity index (χ1v) is 10.6. The summed E-state index contributed by atoms with van der Waals surface area (Å²) in [5.74, 6) is -2.31. The summed E-state index contributed by atoms with van der Waals surface area (Å²) in [5.41, 5.74) is -1.44. The molecule has 0 aromatic carbocycles. The maximum absolute atomic E-state index is 12.7. The van der Waals surface area contributed by atoms with Crippen molar-refractivity contribution < 1.29 is 27.5 Å². The number of halogens is 1. The van der Waals surface area contributed by atoms with Gasteiger partial charge >= 0.3 is 5.97 Å². The molecule has 1 aliphatic heterocycles. The minimum atomic E-state index is -3.74. The molecule has 1 N–H and O–H groups in total. The number of hydrogen-bond acceptors (Lipinski definition) is 7. The van der Waals surface area contributed by atoms with Crippen LogP contribution in [0.5, 0.6) is 0 Å². The Morgan fingerprint density at radius 3 is 2.75 bits per heavy atom. The van der Waals surface area contributed by atoms with E-state index in [1.165, 1.54) is 18.3 Å². The van der Waals surface area contributed by atoms with Crippen LogP contribution in [0.2, 0.25) is 0 Å². The van der Waals surface area contributed by atoms with E-state index in [0.29, 0.717) is 16.6 Å². The Kier molecular flexibility index (Phi) is 5.71. The van der Waals surface area contributed by atoms with E-state index in [-0.39, 0.29) is 11.6 Å². The first kappa shape index (κ1) is 18.9. The topological polar surface area (TPSA) is 98.8 Å². The van der Waals surface area contributed by atoms with Crippen LogP contribution in [-0.4, -0.2) is 31.3 Å². The van der Waals surface area contributed by atoms with Crippen LogP contribution in [0.1, 0.15) is 25.1 Å². The maximum atomic E-state index is 12.7. The number of Topliss-reactive ketones (excluding diaryl/α,β-unsaturated/α-hetero) is 1. The average Bonchev–Trinajstić information content (AvgIpc) is 3.09. The van der Waals surface area contributed by atoms with Crippen molar-refractivity contribution >= 4 is 49.0 Å². The van der Waals surface area contributed by atoms with E-state index in [0.717, 1.165) is 6.92 Å². The number of thiophene rings is 1. The van der Waals surface area contributed by atoms with Gasteiger partial charge in [0.05, 0.1) is 10.6 Å². The van der Waals surface area contributed by atoms with Gasteiger partial charge < -0.3 is 9.47 Å². The Morgan fingerprint density at radius 2 is 2.21 bits per heavy atom. The lowest BCUT2D eigenvalue weighted by molar-refractivity contribution is -0.142. The molecule has 0 spiro atoms. The lowest BCUT2D eigenvalue weighted by Gasteiger charge is -2.21. The quantitative estimate of drug-likeness (QED) is 0.517. The van der Waals surface area contributed by atoms with Crippen LogP contribution < -0.4 is 4.72 Å². The summed E-state index contributed by atoms with van der Waals surface area (Å²) in [5, 5.41) is 2.28. The Morgan fingerprint density at radius 1 is 1.50 bits per heavy atom. The maximum Gasteiger partial charge on any atom is 0.308 e. The molecule has 132 valence electrons. The zero-order chi connectivity index (χ0) is 18.0. The number of esters is 1. The third-order valence-corrected chi connectivity index (χ3v) is 6.14. The van der Waals surface area contributed by atoms with Gasteiger partial charge in [0.1, 0.15) is 0 Å². The van der Waals surface area contributed by atoms with Crippen molar-refractivity contribution in [3.8, 4) is 0 Å². The molecule has 0 bridgehead atoms. The van der Waals surface area contributed by atoms with E-state index in [9.17, 15) is 18.0 Å². The molecule has 2 heterocycles. The van der Waals surface area contributed by atoms with E-state index < -0.39 is 33.1 Å². The fourth-order valence-electron chi connectivity index (χ4n) is 2.07. The van der Waals surface area contributed by atoms with E-state index in [1.807, 2.05) is 0 Å². The highest BCUT2D eigenvalue weighted by atomic mass is 79.9. The summed E-state index contributed by atoms with van der Waals surface area (Å²) in [7, 11) is -3.74. The lowest BCUT2D eigenvalue weighted by atomic mass is 9.99. The molecule has 10 heteroatoms. The first-order chi connectivity index (χ1) is 11.2. The van der Waals surface area contributed by atoms with E-state index in [4.69, 9.17) is 9.47 Å².